The van der Waals surface area contributed by atoms with Crippen molar-refractivity contribution in [1.82, 2.24) is 15.0 Å². The predicted octanol–water partition coefficient (Wildman–Crippen LogP) is 2.59. The number of phenols is 1. The molecule has 0 spiro atoms. The lowest BCUT2D eigenvalue weighted by atomic mass is 10.1. The summed E-state index contributed by atoms with van der Waals surface area (Å²) in [4.78, 5) is 16.6. The van der Waals surface area contributed by atoms with Crippen LogP contribution in [0.25, 0.3) is 11.0 Å². The Morgan fingerprint density at radius 3 is 2.67 bits per heavy atom. The number of hydrogen-bond acceptors (Lipinski definition) is 4. The molecule has 24 heavy (non-hydrogen) atoms. The maximum Gasteiger partial charge on any atom is 0.260 e. The van der Waals surface area contributed by atoms with Gasteiger partial charge in [0.15, 0.2) is 0 Å². The number of para-hydroxylation sites is 2. The number of fused-ring (bicyclic) bond motifs is 1. The summed E-state index contributed by atoms with van der Waals surface area (Å²) in [5, 5.41) is 13.4. The van der Waals surface area contributed by atoms with Crippen molar-refractivity contribution in [2.24, 2.45) is 5.10 Å². The van der Waals surface area contributed by atoms with Crippen molar-refractivity contribution in [2.45, 2.75) is 20.4 Å². The minimum Gasteiger partial charge on any atom is -0.508 e. The molecule has 0 atom stereocenters. The number of hydrogen-bond donors (Lipinski definition) is 2. The van der Waals surface area contributed by atoms with Crippen LogP contribution in [0.3, 0.4) is 0 Å². The summed E-state index contributed by atoms with van der Waals surface area (Å²) in [6.45, 7) is 3.82. The molecular weight excluding hydrogens is 304 g/mol. The van der Waals surface area contributed by atoms with Gasteiger partial charge in [-0.2, -0.15) is 5.10 Å². The van der Waals surface area contributed by atoms with Gasteiger partial charge in [-0.3, -0.25) is 4.79 Å². The lowest BCUT2D eigenvalue weighted by molar-refractivity contribution is -0.121. The highest BCUT2D eigenvalue weighted by atomic mass is 16.3. The number of imidazole rings is 1. The fraction of sp³-hybridized carbons (Fsp3) is 0.167. The van der Waals surface area contributed by atoms with Gasteiger partial charge < -0.3 is 9.67 Å². The largest absolute Gasteiger partial charge is 0.508 e. The molecule has 1 aromatic heterocycles. The summed E-state index contributed by atoms with van der Waals surface area (Å²) < 4.78 is 1.86. The molecule has 2 N–H and O–H groups in total. The zero-order valence-corrected chi connectivity index (χ0v) is 13.5. The molecule has 0 aliphatic carbocycles. The number of nitrogens with zero attached hydrogens (tertiary/aromatic N) is 3. The Bertz CT molecular complexity index is 910. The Morgan fingerprint density at radius 1 is 1.21 bits per heavy atom. The zero-order chi connectivity index (χ0) is 17.1. The Balaban J connectivity index is 1.72. The Morgan fingerprint density at radius 2 is 1.92 bits per heavy atom. The van der Waals surface area contributed by atoms with Crippen LogP contribution in [-0.4, -0.2) is 26.3 Å². The van der Waals surface area contributed by atoms with E-state index in [0.717, 1.165) is 22.4 Å². The molecule has 2 aromatic carbocycles. The molecule has 0 bridgehead atoms. The van der Waals surface area contributed by atoms with Crippen molar-refractivity contribution in [1.29, 1.82) is 0 Å². The smallest absolute Gasteiger partial charge is 0.260 e. The van der Waals surface area contributed by atoms with Crippen LogP contribution >= 0.6 is 0 Å². The standard InChI is InChI=1S/C18H18N4O2/c1-12(14-7-9-15(23)10-8-14)20-21-18(24)11-22-13(2)19-16-5-3-4-6-17(16)22/h3-10,23H,11H2,1-2H3,(H,21,24)/b20-12+. The molecule has 122 valence electrons. The van der Waals surface area contributed by atoms with Crippen molar-refractivity contribution < 1.29 is 9.90 Å². The fourth-order valence-electron chi connectivity index (χ4n) is 2.49. The molecule has 6 nitrogen and oxygen atoms in total. The Hall–Kier alpha value is -3.15. The van der Waals surface area contributed by atoms with E-state index in [1.807, 2.05) is 35.8 Å². The van der Waals surface area contributed by atoms with Gasteiger partial charge in [0.25, 0.3) is 5.91 Å². The highest BCUT2D eigenvalue weighted by Gasteiger charge is 2.10. The van der Waals surface area contributed by atoms with Crippen LogP contribution in [0.15, 0.2) is 53.6 Å². The first-order valence-electron chi connectivity index (χ1n) is 7.59. The van der Waals surface area contributed by atoms with E-state index < -0.39 is 0 Å². The lowest BCUT2D eigenvalue weighted by Crippen LogP contribution is -2.24. The first-order valence-corrected chi connectivity index (χ1v) is 7.59. The van der Waals surface area contributed by atoms with Crippen molar-refractivity contribution >= 4 is 22.7 Å². The molecule has 0 fully saturated rings. The van der Waals surface area contributed by atoms with Crippen molar-refractivity contribution in [2.75, 3.05) is 0 Å². The number of rotatable bonds is 4. The van der Waals surface area contributed by atoms with Crippen molar-refractivity contribution in [3.63, 3.8) is 0 Å². The second-order valence-corrected chi connectivity index (χ2v) is 5.51. The summed E-state index contributed by atoms with van der Waals surface area (Å²) in [6, 6.07) is 14.4. The van der Waals surface area contributed by atoms with E-state index in [0.29, 0.717) is 5.71 Å². The number of phenolic OH excluding ortho intramolecular Hbond substituents is 1. The van der Waals surface area contributed by atoms with Crippen LogP contribution in [0.1, 0.15) is 18.3 Å². The average Bonchev–Trinajstić information content (AvgIpc) is 2.89. The Kier molecular flexibility index (Phi) is 4.29. The normalized spacial score (nSPS) is 11.7. The van der Waals surface area contributed by atoms with Crippen LogP contribution in [0.5, 0.6) is 5.75 Å². The molecule has 0 aliphatic heterocycles. The topological polar surface area (TPSA) is 79.5 Å². The number of aromatic hydroxyl groups is 1. The van der Waals surface area contributed by atoms with Crippen LogP contribution < -0.4 is 5.43 Å². The average molecular weight is 322 g/mol. The minimum absolute atomic E-state index is 0.151. The van der Waals surface area contributed by atoms with Crippen molar-refractivity contribution in [3.8, 4) is 5.75 Å². The van der Waals surface area contributed by atoms with Crippen LogP contribution in [0.4, 0.5) is 0 Å². The SMILES string of the molecule is C/C(=N\NC(=O)Cn1c(C)nc2ccccc21)c1ccc(O)cc1. The summed E-state index contributed by atoms with van der Waals surface area (Å²) in [5.41, 5.74) is 5.85. The molecular formula is C18H18N4O2. The number of aryl methyl sites for hydroxylation is 1. The second-order valence-electron chi connectivity index (χ2n) is 5.51. The number of hydrazone groups is 1. The Labute approximate surface area is 139 Å². The van der Waals surface area contributed by atoms with Gasteiger partial charge in [0.05, 0.1) is 16.7 Å². The summed E-state index contributed by atoms with van der Waals surface area (Å²) in [7, 11) is 0. The van der Waals surface area contributed by atoms with Gasteiger partial charge in [0.1, 0.15) is 18.1 Å². The summed E-state index contributed by atoms with van der Waals surface area (Å²) >= 11 is 0. The first-order chi connectivity index (χ1) is 11.5. The van der Waals surface area contributed by atoms with Gasteiger partial charge in [-0.1, -0.05) is 12.1 Å². The fourth-order valence-corrected chi connectivity index (χ4v) is 2.49. The number of nitrogens with one attached hydrogen (secondary N) is 1. The quantitative estimate of drug-likeness (QED) is 0.572. The van der Waals surface area contributed by atoms with E-state index in [1.54, 1.807) is 31.2 Å². The van der Waals surface area contributed by atoms with Gasteiger partial charge in [-0.15, -0.1) is 0 Å². The van der Waals surface area contributed by atoms with E-state index in [-0.39, 0.29) is 18.2 Å². The van der Waals surface area contributed by atoms with Gasteiger partial charge >= 0.3 is 0 Å². The van der Waals surface area contributed by atoms with Crippen LogP contribution in [0, 0.1) is 6.92 Å². The number of carbonyl (C=O) groups is 1. The maximum atomic E-state index is 12.2. The molecule has 0 saturated carbocycles. The first kappa shape index (κ1) is 15.7. The molecule has 3 aromatic rings. The molecule has 6 heteroatoms. The van der Waals surface area contributed by atoms with E-state index in [9.17, 15) is 9.90 Å². The number of benzene rings is 2. The van der Waals surface area contributed by atoms with Crippen molar-refractivity contribution in [3.05, 3.63) is 59.9 Å². The van der Waals surface area contributed by atoms with Gasteiger partial charge in [0, 0.05) is 0 Å². The molecule has 0 radical (unpaired) electrons. The molecule has 1 heterocycles. The van der Waals surface area contributed by atoms with Gasteiger partial charge in [0.2, 0.25) is 0 Å². The highest BCUT2D eigenvalue weighted by Crippen LogP contribution is 2.15. The van der Waals surface area contributed by atoms with E-state index in [1.165, 1.54) is 0 Å². The number of aromatic nitrogens is 2. The lowest BCUT2D eigenvalue weighted by Gasteiger charge is -2.06. The predicted molar refractivity (Wildman–Crippen MR) is 92.9 cm³/mol. The summed E-state index contributed by atoms with van der Waals surface area (Å²) in [6.07, 6.45) is 0. The molecule has 3 rings (SSSR count). The molecule has 0 aliphatic rings. The number of carbonyl (C=O) groups excluding carboxylic acids is 1. The third kappa shape index (κ3) is 3.27. The minimum atomic E-state index is -0.223. The number of amides is 1. The van der Waals surface area contributed by atoms with Crippen LogP contribution in [-0.2, 0) is 11.3 Å². The van der Waals surface area contributed by atoms with E-state index in [2.05, 4.69) is 15.5 Å². The zero-order valence-electron chi connectivity index (χ0n) is 13.5. The second kappa shape index (κ2) is 6.54. The third-order valence-corrected chi connectivity index (χ3v) is 3.78. The van der Waals surface area contributed by atoms with Crippen LogP contribution in [0.2, 0.25) is 0 Å². The van der Waals surface area contributed by atoms with Gasteiger partial charge in [-0.05, 0) is 55.8 Å². The van der Waals surface area contributed by atoms with E-state index in [4.69, 9.17) is 0 Å². The molecule has 1 amide bonds. The third-order valence-electron chi connectivity index (χ3n) is 3.78. The highest BCUT2D eigenvalue weighted by molar-refractivity contribution is 5.99. The summed E-state index contributed by atoms with van der Waals surface area (Å²) in [5.74, 6) is 0.753. The molecule has 0 saturated heterocycles. The maximum absolute atomic E-state index is 12.2. The van der Waals surface area contributed by atoms with Gasteiger partial charge in [-0.25, -0.2) is 10.4 Å². The van der Waals surface area contributed by atoms with E-state index >= 15 is 0 Å². The monoisotopic (exact) mass is 322 g/mol. The molecule has 0 unspecified atom stereocenters.